The van der Waals surface area contributed by atoms with Crippen LogP contribution >= 0.6 is 0 Å². The number of benzene rings is 1. The second-order valence-electron chi connectivity index (χ2n) is 5.57. The van der Waals surface area contributed by atoms with Crippen molar-refractivity contribution in [3.8, 4) is 5.75 Å². The van der Waals surface area contributed by atoms with Crippen molar-refractivity contribution >= 4 is 16.7 Å². The van der Waals surface area contributed by atoms with Crippen molar-refractivity contribution < 1.29 is 13.7 Å². The smallest absolute Gasteiger partial charge is 0.233 e. The Hall–Kier alpha value is -1.36. The van der Waals surface area contributed by atoms with Crippen molar-refractivity contribution in [1.29, 1.82) is 0 Å². The van der Waals surface area contributed by atoms with E-state index in [9.17, 15) is 9.00 Å². The molecule has 1 amide bonds. The first-order valence-electron chi connectivity index (χ1n) is 6.68. The van der Waals surface area contributed by atoms with Crippen LogP contribution in [0.5, 0.6) is 5.75 Å². The average Bonchev–Trinajstić information content (AvgIpc) is 2.29. The first-order valence-corrected chi connectivity index (χ1v) is 8.17. The molecule has 1 rings (SSSR count). The van der Waals surface area contributed by atoms with Crippen LogP contribution in [0, 0.1) is 0 Å². The Bertz CT molecular complexity index is 480. The highest BCUT2D eigenvalue weighted by molar-refractivity contribution is 7.84. The second-order valence-corrected chi connectivity index (χ2v) is 7.02. The van der Waals surface area contributed by atoms with Crippen molar-refractivity contribution in [1.82, 2.24) is 5.32 Å². The fourth-order valence-electron chi connectivity index (χ4n) is 1.74. The highest BCUT2D eigenvalue weighted by atomic mass is 32.2. The van der Waals surface area contributed by atoms with E-state index in [1.807, 2.05) is 52.0 Å². The number of hydrogen-bond acceptors (Lipinski definition) is 3. The lowest BCUT2D eigenvalue weighted by molar-refractivity contribution is -0.119. The van der Waals surface area contributed by atoms with Crippen molar-refractivity contribution in [2.45, 2.75) is 39.0 Å². The van der Waals surface area contributed by atoms with E-state index in [-0.39, 0.29) is 17.2 Å². The number of nitrogens with one attached hydrogen (secondary N) is 1. The van der Waals surface area contributed by atoms with Crippen LogP contribution in [0.3, 0.4) is 0 Å². The Labute approximate surface area is 123 Å². The van der Waals surface area contributed by atoms with Gasteiger partial charge in [0.1, 0.15) is 11.5 Å². The van der Waals surface area contributed by atoms with Gasteiger partial charge < -0.3 is 10.1 Å². The highest BCUT2D eigenvalue weighted by Crippen LogP contribution is 2.19. The zero-order chi connectivity index (χ0) is 15.2. The van der Waals surface area contributed by atoms with Gasteiger partial charge in [0.2, 0.25) is 5.91 Å². The number of rotatable bonds is 6. The predicted octanol–water partition coefficient (Wildman–Crippen LogP) is 2.25. The molecule has 0 radical (unpaired) electrons. The molecule has 112 valence electrons. The highest BCUT2D eigenvalue weighted by Gasteiger charge is 2.16. The van der Waals surface area contributed by atoms with Gasteiger partial charge in [-0.05, 0) is 33.8 Å². The monoisotopic (exact) mass is 297 g/mol. The minimum Gasteiger partial charge on any atom is -0.494 e. The van der Waals surface area contributed by atoms with Crippen LogP contribution in [0.1, 0.15) is 33.3 Å². The molecular weight excluding hydrogens is 274 g/mol. The second kappa shape index (κ2) is 7.43. The normalized spacial score (nSPS) is 12.8. The first kappa shape index (κ1) is 16.7. The Balaban J connectivity index is 2.61. The van der Waals surface area contributed by atoms with Crippen molar-refractivity contribution in [2.75, 3.05) is 12.4 Å². The Kier molecular flexibility index (Phi) is 6.20. The molecule has 0 bridgehead atoms. The molecule has 0 fully saturated rings. The average molecular weight is 297 g/mol. The first-order chi connectivity index (χ1) is 9.31. The Morgan fingerprint density at radius 3 is 2.55 bits per heavy atom. The molecule has 0 aliphatic rings. The number of hydrogen-bond donors (Lipinski definition) is 1. The largest absolute Gasteiger partial charge is 0.494 e. The minimum atomic E-state index is -1.24. The maximum absolute atomic E-state index is 12.1. The number of ether oxygens (including phenoxy) is 1. The van der Waals surface area contributed by atoms with Gasteiger partial charge in [-0.2, -0.15) is 0 Å². The van der Waals surface area contributed by atoms with E-state index in [1.165, 1.54) is 0 Å². The molecule has 0 aromatic heterocycles. The molecular formula is C15H23NO3S. The summed E-state index contributed by atoms with van der Waals surface area (Å²) >= 11 is 0. The van der Waals surface area contributed by atoms with Gasteiger partial charge in [-0.3, -0.25) is 9.00 Å². The Morgan fingerprint density at radius 2 is 1.95 bits per heavy atom. The van der Waals surface area contributed by atoms with Gasteiger partial charge in [0.05, 0.1) is 12.4 Å². The van der Waals surface area contributed by atoms with Gasteiger partial charge in [0.15, 0.2) is 0 Å². The molecule has 0 heterocycles. The number of para-hydroxylation sites is 1. The van der Waals surface area contributed by atoms with Crippen LogP contribution in [0.2, 0.25) is 0 Å². The van der Waals surface area contributed by atoms with Crippen molar-refractivity contribution in [2.24, 2.45) is 0 Å². The third-order valence-corrected chi connectivity index (χ3v) is 3.61. The summed E-state index contributed by atoms with van der Waals surface area (Å²) in [6, 6.07) is 7.49. The maximum atomic E-state index is 12.1. The summed E-state index contributed by atoms with van der Waals surface area (Å²) in [6.45, 7) is 8.17. The van der Waals surface area contributed by atoms with E-state index in [4.69, 9.17) is 4.74 Å². The van der Waals surface area contributed by atoms with Crippen LogP contribution in [0.15, 0.2) is 24.3 Å². The summed E-state index contributed by atoms with van der Waals surface area (Å²) in [7, 11) is -1.24. The van der Waals surface area contributed by atoms with Crippen LogP contribution in [-0.2, 0) is 21.3 Å². The molecule has 0 aliphatic heterocycles. The quantitative estimate of drug-likeness (QED) is 0.876. The zero-order valence-corrected chi connectivity index (χ0v) is 13.4. The van der Waals surface area contributed by atoms with Crippen LogP contribution in [0.4, 0.5) is 0 Å². The van der Waals surface area contributed by atoms with Gasteiger partial charge >= 0.3 is 0 Å². The molecule has 5 heteroatoms. The zero-order valence-electron chi connectivity index (χ0n) is 12.6. The van der Waals surface area contributed by atoms with Gasteiger partial charge in [0, 0.05) is 21.9 Å². The molecule has 1 atom stereocenters. The molecule has 0 unspecified atom stereocenters. The van der Waals surface area contributed by atoms with E-state index >= 15 is 0 Å². The van der Waals surface area contributed by atoms with Gasteiger partial charge in [-0.15, -0.1) is 0 Å². The SMILES string of the molecule is CCOc1ccccc1C[S@](=O)CC(=O)NC(C)(C)C. The summed E-state index contributed by atoms with van der Waals surface area (Å²) in [4.78, 5) is 11.7. The molecule has 0 aliphatic carbocycles. The summed E-state index contributed by atoms with van der Waals surface area (Å²) < 4.78 is 17.5. The summed E-state index contributed by atoms with van der Waals surface area (Å²) in [5, 5.41) is 2.81. The van der Waals surface area contributed by atoms with E-state index in [0.29, 0.717) is 12.4 Å². The van der Waals surface area contributed by atoms with E-state index < -0.39 is 10.8 Å². The van der Waals surface area contributed by atoms with Gasteiger partial charge in [-0.1, -0.05) is 18.2 Å². The Morgan fingerprint density at radius 1 is 1.30 bits per heavy atom. The van der Waals surface area contributed by atoms with Crippen molar-refractivity contribution in [3.05, 3.63) is 29.8 Å². The number of amides is 1. The molecule has 0 spiro atoms. The third-order valence-electron chi connectivity index (χ3n) is 2.40. The lowest BCUT2D eigenvalue weighted by atomic mass is 10.1. The van der Waals surface area contributed by atoms with E-state index in [1.54, 1.807) is 0 Å². The standard InChI is InChI=1S/C15H23NO3S/c1-5-19-13-9-7-6-8-12(13)10-20(18)11-14(17)16-15(2,3)4/h6-9H,5,10-11H2,1-4H3,(H,16,17)/t20-/m0/s1. The summed E-state index contributed by atoms with van der Waals surface area (Å²) in [5.74, 6) is 0.884. The third kappa shape index (κ3) is 6.19. The van der Waals surface area contributed by atoms with Crippen LogP contribution in [-0.4, -0.2) is 28.0 Å². The van der Waals surface area contributed by atoms with Crippen molar-refractivity contribution in [3.63, 3.8) is 0 Å². The summed E-state index contributed by atoms with van der Waals surface area (Å²) in [6.07, 6.45) is 0. The topological polar surface area (TPSA) is 55.4 Å². The molecule has 1 aromatic rings. The lowest BCUT2D eigenvalue weighted by Crippen LogP contribution is -2.42. The van der Waals surface area contributed by atoms with Gasteiger partial charge in [-0.25, -0.2) is 0 Å². The number of carbonyl (C=O) groups is 1. The molecule has 1 aromatic carbocycles. The molecule has 0 saturated heterocycles. The summed E-state index contributed by atoms with van der Waals surface area (Å²) in [5.41, 5.74) is 0.570. The minimum absolute atomic E-state index is 0.0116. The fourth-order valence-corrected chi connectivity index (χ4v) is 2.80. The van der Waals surface area contributed by atoms with Crippen LogP contribution in [0.25, 0.3) is 0 Å². The fraction of sp³-hybridized carbons (Fsp3) is 0.533. The van der Waals surface area contributed by atoms with E-state index in [0.717, 1.165) is 11.3 Å². The predicted molar refractivity (Wildman–Crippen MR) is 82.2 cm³/mol. The van der Waals surface area contributed by atoms with Gasteiger partial charge in [0.25, 0.3) is 0 Å². The maximum Gasteiger partial charge on any atom is 0.233 e. The molecule has 1 N–H and O–H groups in total. The lowest BCUT2D eigenvalue weighted by Gasteiger charge is -2.20. The van der Waals surface area contributed by atoms with Crippen LogP contribution < -0.4 is 10.1 Å². The molecule has 0 saturated carbocycles. The molecule has 20 heavy (non-hydrogen) atoms. The molecule has 4 nitrogen and oxygen atoms in total. The number of carbonyl (C=O) groups excluding carboxylic acids is 1. The van der Waals surface area contributed by atoms with E-state index in [2.05, 4.69) is 5.32 Å².